The summed E-state index contributed by atoms with van der Waals surface area (Å²) < 4.78 is 0. The molecule has 0 fully saturated rings. The lowest BCUT2D eigenvalue weighted by Gasteiger charge is -2.07. The van der Waals surface area contributed by atoms with Crippen LogP contribution in [0.2, 0.25) is 0 Å². The standard InChI is InChI=1S/C20H24OS/c1-4-5-6-20(21)17-9-11-19(12-10-17)22-14-18-13-15(2)7-8-16(18)3/h7-13H,4-6,14H2,1-3H3. The Labute approximate surface area is 138 Å². The van der Waals surface area contributed by atoms with Gasteiger partial charge in [-0.3, -0.25) is 4.79 Å². The Morgan fingerprint density at radius 1 is 1.05 bits per heavy atom. The fraction of sp³-hybridized carbons (Fsp3) is 0.350. The molecule has 0 aliphatic carbocycles. The minimum absolute atomic E-state index is 0.257. The number of rotatable bonds is 7. The highest BCUT2D eigenvalue weighted by Crippen LogP contribution is 2.25. The van der Waals surface area contributed by atoms with Crippen molar-refractivity contribution in [3.63, 3.8) is 0 Å². The summed E-state index contributed by atoms with van der Waals surface area (Å²) in [5, 5.41) is 0. The predicted molar refractivity (Wildman–Crippen MR) is 95.8 cm³/mol. The summed E-state index contributed by atoms with van der Waals surface area (Å²) in [6.45, 7) is 6.40. The number of ketones is 1. The predicted octanol–water partition coefficient (Wildman–Crippen LogP) is 5.97. The van der Waals surface area contributed by atoms with Crippen molar-refractivity contribution in [1.82, 2.24) is 0 Å². The van der Waals surface area contributed by atoms with Crippen LogP contribution >= 0.6 is 11.8 Å². The minimum atomic E-state index is 0.257. The van der Waals surface area contributed by atoms with Gasteiger partial charge in [-0.1, -0.05) is 49.2 Å². The Balaban J connectivity index is 1.96. The highest BCUT2D eigenvalue weighted by molar-refractivity contribution is 7.98. The molecule has 2 aromatic carbocycles. The number of hydrogen-bond acceptors (Lipinski definition) is 2. The maximum atomic E-state index is 12.0. The summed E-state index contributed by atoms with van der Waals surface area (Å²) in [6.07, 6.45) is 2.70. The van der Waals surface area contributed by atoms with Crippen LogP contribution in [0.5, 0.6) is 0 Å². The van der Waals surface area contributed by atoms with Gasteiger partial charge in [0.2, 0.25) is 0 Å². The van der Waals surface area contributed by atoms with Crippen LogP contribution in [0.1, 0.15) is 53.2 Å². The van der Waals surface area contributed by atoms with Crippen LogP contribution in [0.15, 0.2) is 47.4 Å². The minimum Gasteiger partial charge on any atom is -0.294 e. The number of aryl methyl sites for hydroxylation is 2. The van der Waals surface area contributed by atoms with E-state index in [1.807, 2.05) is 23.9 Å². The van der Waals surface area contributed by atoms with Crippen LogP contribution in [-0.4, -0.2) is 5.78 Å². The average Bonchev–Trinajstić information content (AvgIpc) is 2.54. The van der Waals surface area contributed by atoms with E-state index in [1.54, 1.807) is 0 Å². The molecule has 0 aromatic heterocycles. The van der Waals surface area contributed by atoms with Gasteiger partial charge < -0.3 is 0 Å². The SMILES string of the molecule is CCCCC(=O)c1ccc(SCc2cc(C)ccc2C)cc1. The normalized spacial score (nSPS) is 10.7. The summed E-state index contributed by atoms with van der Waals surface area (Å²) in [6, 6.07) is 14.6. The zero-order valence-electron chi connectivity index (χ0n) is 13.7. The Morgan fingerprint density at radius 2 is 1.77 bits per heavy atom. The molecule has 0 saturated carbocycles. The molecular weight excluding hydrogens is 288 g/mol. The van der Waals surface area contributed by atoms with Crippen LogP contribution in [-0.2, 0) is 5.75 Å². The van der Waals surface area contributed by atoms with Crippen LogP contribution in [0.4, 0.5) is 0 Å². The molecule has 2 aromatic rings. The number of benzene rings is 2. The monoisotopic (exact) mass is 312 g/mol. The smallest absolute Gasteiger partial charge is 0.162 e. The summed E-state index contributed by atoms with van der Waals surface area (Å²) in [5.41, 5.74) is 4.86. The number of Topliss-reactive ketones (excluding diaryl/α,β-unsaturated/α-hetero) is 1. The first-order valence-corrected chi connectivity index (χ1v) is 8.91. The van der Waals surface area contributed by atoms with E-state index in [9.17, 15) is 4.79 Å². The molecule has 0 unspecified atom stereocenters. The summed E-state index contributed by atoms with van der Waals surface area (Å²) >= 11 is 1.82. The molecule has 0 heterocycles. The zero-order chi connectivity index (χ0) is 15.9. The van der Waals surface area contributed by atoms with Gasteiger partial charge in [0.1, 0.15) is 0 Å². The van der Waals surface area contributed by atoms with Gasteiger partial charge in [0.15, 0.2) is 5.78 Å². The van der Waals surface area contributed by atoms with Crippen molar-refractivity contribution in [3.8, 4) is 0 Å². The van der Waals surface area contributed by atoms with E-state index >= 15 is 0 Å². The van der Waals surface area contributed by atoms with Gasteiger partial charge in [0, 0.05) is 22.6 Å². The van der Waals surface area contributed by atoms with Crippen LogP contribution in [0.3, 0.4) is 0 Å². The second-order valence-electron chi connectivity index (χ2n) is 5.77. The molecule has 116 valence electrons. The average molecular weight is 312 g/mol. The quantitative estimate of drug-likeness (QED) is 0.463. The Bertz CT molecular complexity index is 629. The van der Waals surface area contributed by atoms with Crippen molar-refractivity contribution in [2.24, 2.45) is 0 Å². The first kappa shape index (κ1) is 16.8. The van der Waals surface area contributed by atoms with Crippen molar-refractivity contribution >= 4 is 17.5 Å². The first-order valence-electron chi connectivity index (χ1n) is 7.92. The second kappa shape index (κ2) is 8.19. The van der Waals surface area contributed by atoms with E-state index in [0.29, 0.717) is 6.42 Å². The van der Waals surface area contributed by atoms with Crippen LogP contribution in [0, 0.1) is 13.8 Å². The van der Waals surface area contributed by atoms with Crippen molar-refractivity contribution in [1.29, 1.82) is 0 Å². The second-order valence-corrected chi connectivity index (χ2v) is 6.82. The third-order valence-corrected chi connectivity index (χ3v) is 4.89. The fourth-order valence-corrected chi connectivity index (χ4v) is 3.30. The van der Waals surface area contributed by atoms with Gasteiger partial charge >= 0.3 is 0 Å². The van der Waals surface area contributed by atoms with Crippen molar-refractivity contribution < 1.29 is 4.79 Å². The molecule has 0 amide bonds. The van der Waals surface area contributed by atoms with E-state index < -0.39 is 0 Å². The molecule has 2 heteroatoms. The van der Waals surface area contributed by atoms with Gasteiger partial charge in [-0.15, -0.1) is 11.8 Å². The van der Waals surface area contributed by atoms with E-state index in [-0.39, 0.29) is 5.78 Å². The molecular formula is C20H24OS. The molecule has 0 N–H and O–H groups in total. The molecule has 2 rings (SSSR count). The van der Waals surface area contributed by atoms with E-state index in [2.05, 4.69) is 51.1 Å². The molecule has 0 atom stereocenters. The topological polar surface area (TPSA) is 17.1 Å². The lowest BCUT2D eigenvalue weighted by Crippen LogP contribution is -1.98. The van der Waals surface area contributed by atoms with Crippen molar-refractivity contribution in [2.45, 2.75) is 50.7 Å². The Morgan fingerprint density at radius 3 is 2.45 bits per heavy atom. The highest BCUT2D eigenvalue weighted by atomic mass is 32.2. The highest BCUT2D eigenvalue weighted by Gasteiger charge is 2.06. The number of carbonyl (C=O) groups is 1. The van der Waals surface area contributed by atoms with Crippen molar-refractivity contribution in [2.75, 3.05) is 0 Å². The largest absolute Gasteiger partial charge is 0.294 e. The molecule has 0 saturated heterocycles. The van der Waals surface area contributed by atoms with E-state index in [1.165, 1.54) is 21.6 Å². The fourth-order valence-electron chi connectivity index (χ4n) is 2.34. The summed E-state index contributed by atoms with van der Waals surface area (Å²) in [5.74, 6) is 1.23. The molecule has 0 bridgehead atoms. The molecule has 22 heavy (non-hydrogen) atoms. The Kier molecular flexibility index (Phi) is 6.26. The zero-order valence-corrected chi connectivity index (χ0v) is 14.5. The molecule has 0 aliphatic heterocycles. The van der Waals surface area contributed by atoms with E-state index in [0.717, 1.165) is 24.2 Å². The van der Waals surface area contributed by atoms with Gasteiger partial charge in [-0.25, -0.2) is 0 Å². The molecule has 0 aliphatic rings. The molecule has 1 nitrogen and oxygen atoms in total. The number of unbranched alkanes of at least 4 members (excludes halogenated alkanes) is 1. The van der Waals surface area contributed by atoms with Crippen molar-refractivity contribution in [3.05, 3.63) is 64.7 Å². The van der Waals surface area contributed by atoms with E-state index in [4.69, 9.17) is 0 Å². The summed E-state index contributed by atoms with van der Waals surface area (Å²) in [4.78, 5) is 13.2. The number of carbonyl (C=O) groups excluding carboxylic acids is 1. The first-order chi connectivity index (χ1) is 10.6. The van der Waals surface area contributed by atoms with Gasteiger partial charge in [0.25, 0.3) is 0 Å². The lowest BCUT2D eigenvalue weighted by molar-refractivity contribution is 0.0979. The molecule has 0 spiro atoms. The number of thioether (sulfide) groups is 1. The number of hydrogen-bond donors (Lipinski definition) is 0. The third-order valence-electron chi connectivity index (χ3n) is 3.83. The van der Waals surface area contributed by atoms with Crippen LogP contribution < -0.4 is 0 Å². The molecule has 0 radical (unpaired) electrons. The van der Waals surface area contributed by atoms with Gasteiger partial charge in [-0.2, -0.15) is 0 Å². The maximum absolute atomic E-state index is 12.0. The third kappa shape index (κ3) is 4.74. The van der Waals surface area contributed by atoms with Crippen LogP contribution in [0.25, 0.3) is 0 Å². The van der Waals surface area contributed by atoms with Gasteiger partial charge in [-0.05, 0) is 43.5 Å². The lowest BCUT2D eigenvalue weighted by atomic mass is 10.1. The maximum Gasteiger partial charge on any atom is 0.162 e. The van der Waals surface area contributed by atoms with Gasteiger partial charge in [0.05, 0.1) is 0 Å². The Hall–Kier alpha value is -1.54. The summed E-state index contributed by atoms with van der Waals surface area (Å²) in [7, 11) is 0.